The van der Waals surface area contributed by atoms with Crippen molar-refractivity contribution in [3.05, 3.63) is 65.7 Å². The molecule has 0 spiro atoms. The van der Waals surface area contributed by atoms with Gasteiger partial charge in [-0.15, -0.1) is 12.8 Å². The summed E-state index contributed by atoms with van der Waals surface area (Å²) in [5.41, 5.74) is 2.09. The molecule has 1 heterocycles. The van der Waals surface area contributed by atoms with Gasteiger partial charge in [-0.25, -0.2) is 0 Å². The molecule has 81 valence electrons. The standard InChI is InChI=1S/C9H11N.3CH3.Ru/c1-3-8-6-5-7-9(4-2)10-8;;;;/h5-7H,1-4H2;3*1H3;/q-2;3*-1;+5. The number of hydrogen-bond donors (Lipinski definition) is 0. The van der Waals surface area contributed by atoms with Crippen LogP contribution in [0.25, 0.3) is 0 Å². The summed E-state index contributed by atoms with van der Waals surface area (Å²) >= 11 is 0. The zero-order chi connectivity index (χ0) is 7.40. The summed E-state index contributed by atoms with van der Waals surface area (Å²) in [5.74, 6) is 0. The van der Waals surface area contributed by atoms with E-state index in [4.69, 9.17) is 0 Å². The minimum absolute atomic E-state index is 0. The van der Waals surface area contributed by atoms with E-state index in [2.05, 4.69) is 18.8 Å². The molecule has 0 saturated carbocycles. The molecule has 14 heavy (non-hydrogen) atoms. The molecule has 1 nitrogen and oxygen atoms in total. The Bertz CT molecular complexity index is 192. The Labute approximate surface area is 103 Å². The SMILES string of the molecule is [CH2-]Cc1cccc(C[CH2-])n1.[CH3-].[CH3-].[CH3-].[Ru+5]. The number of pyridine rings is 1. The first-order valence-electron chi connectivity index (χ1n) is 3.40. The zero-order valence-corrected chi connectivity index (χ0v) is 11.1. The molecule has 0 N–H and O–H groups in total. The Hall–Kier alpha value is -0.227. The van der Waals surface area contributed by atoms with Gasteiger partial charge in [0.05, 0.1) is 0 Å². The molecule has 0 bridgehead atoms. The molecule has 0 aliphatic heterocycles. The van der Waals surface area contributed by atoms with Crippen molar-refractivity contribution in [3.63, 3.8) is 0 Å². The van der Waals surface area contributed by atoms with Crippen LogP contribution in [0.3, 0.4) is 0 Å². The van der Waals surface area contributed by atoms with Crippen LogP contribution in [-0.2, 0) is 32.3 Å². The molecule has 0 aliphatic carbocycles. The predicted molar refractivity (Wildman–Crippen MR) is 61.6 cm³/mol. The molecule has 0 unspecified atom stereocenters. The Morgan fingerprint density at radius 3 is 1.57 bits per heavy atom. The van der Waals surface area contributed by atoms with E-state index in [-0.39, 0.29) is 41.8 Å². The number of nitrogens with zero attached hydrogens (tertiary/aromatic N) is 1. The normalized spacial score (nSPS) is 7.00. The van der Waals surface area contributed by atoms with E-state index in [0.717, 1.165) is 24.2 Å². The van der Waals surface area contributed by atoms with Gasteiger partial charge in [-0.1, -0.05) is 6.07 Å². The average Bonchev–Trinajstić information content (AvgIpc) is 2.05. The summed E-state index contributed by atoms with van der Waals surface area (Å²) in [6, 6.07) is 5.95. The van der Waals surface area contributed by atoms with Gasteiger partial charge in [0, 0.05) is 11.4 Å². The first kappa shape index (κ1) is 23.5. The predicted octanol–water partition coefficient (Wildman–Crippen LogP) is 3.18. The summed E-state index contributed by atoms with van der Waals surface area (Å²) in [5, 5.41) is 0. The first-order valence-corrected chi connectivity index (χ1v) is 3.40. The Balaban J connectivity index is -0.000000125. The van der Waals surface area contributed by atoms with E-state index < -0.39 is 0 Å². The molecule has 0 saturated heterocycles. The second-order valence-electron chi connectivity index (χ2n) is 2.12. The van der Waals surface area contributed by atoms with Crippen LogP contribution in [0.5, 0.6) is 0 Å². The molecular formula is C12H20NRu. The smallest absolute Gasteiger partial charge is 0.358 e. The quantitative estimate of drug-likeness (QED) is 0.598. The third kappa shape index (κ3) is 7.20. The molecule has 1 aromatic rings. The monoisotopic (exact) mass is 280 g/mol. The van der Waals surface area contributed by atoms with Crippen LogP contribution >= 0.6 is 0 Å². The molecule has 0 atom stereocenters. The van der Waals surface area contributed by atoms with Crippen LogP contribution in [0.15, 0.2) is 18.2 Å². The van der Waals surface area contributed by atoms with Gasteiger partial charge >= 0.3 is 19.5 Å². The molecule has 0 aromatic carbocycles. The van der Waals surface area contributed by atoms with Crippen LogP contribution in [0.4, 0.5) is 0 Å². The molecule has 1 aromatic heterocycles. The second kappa shape index (κ2) is 12.8. The topological polar surface area (TPSA) is 12.9 Å². The van der Waals surface area contributed by atoms with Crippen molar-refractivity contribution in [2.45, 2.75) is 12.8 Å². The third-order valence-corrected chi connectivity index (χ3v) is 1.38. The molecule has 0 aliphatic rings. The zero-order valence-electron chi connectivity index (χ0n) is 9.36. The van der Waals surface area contributed by atoms with Crippen molar-refractivity contribution in [2.75, 3.05) is 0 Å². The minimum atomic E-state index is 0. The summed E-state index contributed by atoms with van der Waals surface area (Å²) in [6.45, 7) is 7.50. The van der Waals surface area contributed by atoms with Gasteiger partial charge in [0.1, 0.15) is 0 Å². The van der Waals surface area contributed by atoms with Crippen LogP contribution in [-0.4, -0.2) is 4.98 Å². The van der Waals surface area contributed by atoms with E-state index in [1.807, 2.05) is 18.2 Å². The van der Waals surface area contributed by atoms with Crippen molar-refractivity contribution in [2.24, 2.45) is 0 Å². The Kier molecular flexibility index (Phi) is 21.5. The van der Waals surface area contributed by atoms with Gasteiger partial charge in [0.15, 0.2) is 0 Å². The van der Waals surface area contributed by atoms with Crippen molar-refractivity contribution >= 4 is 0 Å². The maximum atomic E-state index is 4.28. The van der Waals surface area contributed by atoms with E-state index in [0.29, 0.717) is 0 Å². The van der Waals surface area contributed by atoms with Gasteiger partial charge in [0.25, 0.3) is 0 Å². The third-order valence-electron chi connectivity index (χ3n) is 1.38. The maximum Gasteiger partial charge on any atom is 5.00 e. The van der Waals surface area contributed by atoms with Crippen LogP contribution in [0, 0.1) is 36.1 Å². The van der Waals surface area contributed by atoms with E-state index in [9.17, 15) is 0 Å². The fourth-order valence-electron chi connectivity index (χ4n) is 0.808. The summed E-state index contributed by atoms with van der Waals surface area (Å²) in [4.78, 5) is 4.28. The van der Waals surface area contributed by atoms with Gasteiger partial charge in [-0.3, -0.25) is 4.98 Å². The van der Waals surface area contributed by atoms with Crippen LogP contribution in [0.2, 0.25) is 0 Å². The van der Waals surface area contributed by atoms with Crippen molar-refractivity contribution in [3.8, 4) is 0 Å². The number of rotatable bonds is 2. The fraction of sp³-hybridized carbons (Fsp3) is 0.167. The molecule has 0 fully saturated rings. The summed E-state index contributed by atoms with van der Waals surface area (Å²) in [7, 11) is 0. The molecular weight excluding hydrogens is 259 g/mol. The summed E-state index contributed by atoms with van der Waals surface area (Å²) < 4.78 is 0. The van der Waals surface area contributed by atoms with Crippen molar-refractivity contribution < 1.29 is 19.5 Å². The van der Waals surface area contributed by atoms with Crippen LogP contribution in [0.1, 0.15) is 11.4 Å². The number of aromatic nitrogens is 1. The Morgan fingerprint density at radius 2 is 1.29 bits per heavy atom. The molecule has 1 rings (SSSR count). The molecule has 0 amide bonds. The van der Waals surface area contributed by atoms with Gasteiger partial charge < -0.3 is 36.1 Å². The van der Waals surface area contributed by atoms with E-state index >= 15 is 0 Å². The maximum absolute atomic E-state index is 4.28. The molecule has 2 heteroatoms. The molecule has 1 radical (unpaired) electrons. The van der Waals surface area contributed by atoms with E-state index in [1.54, 1.807) is 0 Å². The van der Waals surface area contributed by atoms with Crippen LogP contribution < -0.4 is 0 Å². The fourth-order valence-corrected chi connectivity index (χ4v) is 0.808. The van der Waals surface area contributed by atoms with Gasteiger partial charge in [-0.05, 0) is 12.1 Å². The summed E-state index contributed by atoms with van der Waals surface area (Å²) in [6.07, 6.45) is 1.52. The second-order valence-corrected chi connectivity index (χ2v) is 2.12. The minimum Gasteiger partial charge on any atom is -0.358 e. The largest absolute Gasteiger partial charge is 5.00 e. The van der Waals surface area contributed by atoms with Crippen molar-refractivity contribution in [1.29, 1.82) is 0 Å². The van der Waals surface area contributed by atoms with Gasteiger partial charge in [0.2, 0.25) is 0 Å². The average molecular weight is 279 g/mol. The van der Waals surface area contributed by atoms with Gasteiger partial charge in [-0.2, -0.15) is 0 Å². The Morgan fingerprint density at radius 1 is 0.929 bits per heavy atom. The van der Waals surface area contributed by atoms with Crippen molar-refractivity contribution in [1.82, 2.24) is 4.98 Å². The van der Waals surface area contributed by atoms with E-state index in [1.165, 1.54) is 0 Å². The first-order chi connectivity index (χ1) is 4.86. The number of hydrogen-bond acceptors (Lipinski definition) is 1.